The molecule has 26 heavy (non-hydrogen) atoms. The molecule has 1 aromatic carbocycles. The van der Waals surface area contributed by atoms with Gasteiger partial charge in [0.2, 0.25) is 0 Å². The van der Waals surface area contributed by atoms with Crippen LogP contribution in [-0.4, -0.2) is 21.1 Å². The van der Waals surface area contributed by atoms with Gasteiger partial charge in [-0.05, 0) is 44.0 Å². The molecule has 1 aliphatic heterocycles. The number of hydrogen-bond acceptors (Lipinski definition) is 5. The highest BCUT2D eigenvalue weighted by Crippen LogP contribution is 2.32. The van der Waals surface area contributed by atoms with Gasteiger partial charge in [-0.2, -0.15) is 0 Å². The number of oxazole rings is 1. The van der Waals surface area contributed by atoms with Crippen LogP contribution in [0.25, 0.3) is 22.7 Å². The van der Waals surface area contributed by atoms with Crippen LogP contribution in [0.3, 0.4) is 0 Å². The van der Waals surface area contributed by atoms with Gasteiger partial charge in [-0.15, -0.1) is 0 Å². The van der Waals surface area contributed by atoms with Crippen molar-refractivity contribution in [1.82, 2.24) is 14.5 Å². The fourth-order valence-electron chi connectivity index (χ4n) is 3.52. The standard InChI is InChI=1S/C20H19N3O3/c1-13-15(22-20(26-13)18-9-5-11-25-18)12-23-16-7-3-2-6-14(16)21-19(23)17-8-4-10-24-17/h2-3,5-7,9,11,17H,4,8,10,12H2,1H3/t17-/m0/s1. The Morgan fingerprint density at radius 2 is 2.08 bits per heavy atom. The third kappa shape index (κ3) is 2.54. The van der Waals surface area contributed by atoms with Crippen molar-refractivity contribution in [1.29, 1.82) is 0 Å². The molecule has 0 bridgehead atoms. The van der Waals surface area contributed by atoms with Crippen molar-refractivity contribution in [2.24, 2.45) is 0 Å². The van der Waals surface area contributed by atoms with Crippen LogP contribution < -0.4 is 0 Å². The largest absolute Gasteiger partial charge is 0.459 e. The maximum Gasteiger partial charge on any atom is 0.263 e. The molecule has 0 saturated carbocycles. The Bertz CT molecular complexity index is 1040. The summed E-state index contributed by atoms with van der Waals surface area (Å²) in [6.45, 7) is 3.31. The average Bonchev–Trinajstić information content (AvgIpc) is 3.43. The molecule has 5 rings (SSSR count). The van der Waals surface area contributed by atoms with Gasteiger partial charge >= 0.3 is 0 Å². The molecule has 0 spiro atoms. The van der Waals surface area contributed by atoms with Gasteiger partial charge in [0.25, 0.3) is 5.89 Å². The highest BCUT2D eigenvalue weighted by atomic mass is 16.5. The predicted octanol–water partition coefficient (Wildman–Crippen LogP) is 4.49. The maximum absolute atomic E-state index is 5.90. The van der Waals surface area contributed by atoms with E-state index in [0.717, 1.165) is 47.8 Å². The summed E-state index contributed by atoms with van der Waals surface area (Å²) in [4.78, 5) is 9.49. The lowest BCUT2D eigenvalue weighted by Gasteiger charge is -2.12. The number of aromatic nitrogens is 3. The van der Waals surface area contributed by atoms with E-state index >= 15 is 0 Å². The van der Waals surface area contributed by atoms with Crippen LogP contribution in [0.2, 0.25) is 0 Å². The summed E-state index contributed by atoms with van der Waals surface area (Å²) < 4.78 is 19.3. The molecule has 4 aromatic rings. The molecule has 6 heteroatoms. The van der Waals surface area contributed by atoms with Crippen molar-refractivity contribution in [3.8, 4) is 11.7 Å². The third-order valence-electron chi connectivity index (χ3n) is 4.83. The number of imidazole rings is 1. The van der Waals surface area contributed by atoms with Gasteiger partial charge < -0.3 is 18.1 Å². The van der Waals surface area contributed by atoms with Crippen molar-refractivity contribution in [2.75, 3.05) is 6.61 Å². The first-order valence-corrected chi connectivity index (χ1v) is 8.86. The van der Waals surface area contributed by atoms with Gasteiger partial charge in [-0.25, -0.2) is 9.97 Å². The average molecular weight is 349 g/mol. The number of fused-ring (bicyclic) bond motifs is 1. The molecule has 1 saturated heterocycles. The van der Waals surface area contributed by atoms with Crippen molar-refractivity contribution in [3.63, 3.8) is 0 Å². The number of ether oxygens (including phenoxy) is 1. The topological polar surface area (TPSA) is 66.2 Å². The molecular formula is C20H19N3O3. The van der Waals surface area contributed by atoms with Gasteiger partial charge in [-0.3, -0.25) is 0 Å². The first kappa shape index (κ1) is 15.4. The van der Waals surface area contributed by atoms with Crippen LogP contribution in [0, 0.1) is 6.92 Å². The summed E-state index contributed by atoms with van der Waals surface area (Å²) in [6.07, 6.45) is 3.73. The van der Waals surface area contributed by atoms with Crippen molar-refractivity contribution in [2.45, 2.75) is 32.4 Å². The number of hydrogen-bond donors (Lipinski definition) is 0. The van der Waals surface area contributed by atoms with Crippen LogP contribution >= 0.6 is 0 Å². The molecule has 0 amide bonds. The highest BCUT2D eigenvalue weighted by molar-refractivity contribution is 5.76. The quantitative estimate of drug-likeness (QED) is 0.543. The lowest BCUT2D eigenvalue weighted by Crippen LogP contribution is -2.10. The van der Waals surface area contributed by atoms with Crippen molar-refractivity contribution in [3.05, 3.63) is 59.9 Å². The minimum absolute atomic E-state index is 0.0409. The summed E-state index contributed by atoms with van der Waals surface area (Å²) >= 11 is 0. The Labute approximate surface area is 150 Å². The molecule has 1 fully saturated rings. The minimum Gasteiger partial charge on any atom is -0.459 e. The Morgan fingerprint density at radius 3 is 2.88 bits per heavy atom. The first-order chi connectivity index (χ1) is 12.8. The third-order valence-corrected chi connectivity index (χ3v) is 4.83. The Hall–Kier alpha value is -2.86. The second kappa shape index (κ2) is 6.14. The molecule has 6 nitrogen and oxygen atoms in total. The van der Waals surface area contributed by atoms with Crippen LogP contribution in [0.15, 0.2) is 51.5 Å². The second-order valence-electron chi connectivity index (χ2n) is 6.55. The molecule has 0 unspecified atom stereocenters. The molecule has 0 N–H and O–H groups in total. The lowest BCUT2D eigenvalue weighted by molar-refractivity contribution is 0.103. The monoisotopic (exact) mass is 349 g/mol. The maximum atomic E-state index is 5.90. The van der Waals surface area contributed by atoms with E-state index in [1.54, 1.807) is 6.26 Å². The predicted molar refractivity (Wildman–Crippen MR) is 95.7 cm³/mol. The number of furan rings is 1. The Morgan fingerprint density at radius 1 is 1.15 bits per heavy atom. The SMILES string of the molecule is Cc1oc(-c2ccco2)nc1Cn1c([C@@H]2CCCO2)nc2ccccc21. The van der Waals surface area contributed by atoms with E-state index in [-0.39, 0.29) is 6.10 Å². The summed E-state index contributed by atoms with van der Waals surface area (Å²) in [6, 6.07) is 11.8. The Balaban J connectivity index is 1.58. The second-order valence-corrected chi connectivity index (χ2v) is 6.55. The van der Waals surface area contributed by atoms with E-state index < -0.39 is 0 Å². The van der Waals surface area contributed by atoms with Crippen LogP contribution in [0.5, 0.6) is 0 Å². The molecule has 3 aromatic heterocycles. The van der Waals surface area contributed by atoms with E-state index in [1.165, 1.54) is 0 Å². The van der Waals surface area contributed by atoms with Gasteiger partial charge in [0.1, 0.15) is 23.4 Å². The number of para-hydroxylation sites is 2. The van der Waals surface area contributed by atoms with Crippen LogP contribution in [0.1, 0.15) is 36.2 Å². The van der Waals surface area contributed by atoms with Crippen molar-refractivity contribution < 1.29 is 13.6 Å². The molecule has 1 atom stereocenters. The fourth-order valence-corrected chi connectivity index (χ4v) is 3.52. The zero-order valence-electron chi connectivity index (χ0n) is 14.5. The van der Waals surface area contributed by atoms with Gasteiger partial charge in [-0.1, -0.05) is 12.1 Å². The van der Waals surface area contributed by atoms with E-state index in [9.17, 15) is 0 Å². The van der Waals surface area contributed by atoms with E-state index in [2.05, 4.69) is 15.6 Å². The number of benzene rings is 1. The molecule has 132 valence electrons. The summed E-state index contributed by atoms with van der Waals surface area (Å²) in [5, 5.41) is 0. The lowest BCUT2D eigenvalue weighted by atomic mass is 10.2. The van der Waals surface area contributed by atoms with Crippen LogP contribution in [0.4, 0.5) is 0 Å². The van der Waals surface area contributed by atoms with Gasteiger partial charge in [0.15, 0.2) is 5.76 Å². The molecule has 0 radical (unpaired) electrons. The summed E-state index contributed by atoms with van der Waals surface area (Å²) in [5.74, 6) is 2.89. The van der Waals surface area contributed by atoms with E-state index in [1.807, 2.05) is 37.3 Å². The highest BCUT2D eigenvalue weighted by Gasteiger charge is 2.25. The zero-order chi connectivity index (χ0) is 17.5. The van der Waals surface area contributed by atoms with Gasteiger partial charge in [0.05, 0.1) is 23.8 Å². The van der Waals surface area contributed by atoms with E-state index in [0.29, 0.717) is 18.2 Å². The molecule has 1 aliphatic rings. The number of rotatable bonds is 4. The fraction of sp³-hybridized carbons (Fsp3) is 0.300. The minimum atomic E-state index is 0.0409. The Kier molecular flexibility index (Phi) is 3.64. The van der Waals surface area contributed by atoms with Crippen molar-refractivity contribution >= 4 is 11.0 Å². The molecular weight excluding hydrogens is 330 g/mol. The van der Waals surface area contributed by atoms with Gasteiger partial charge in [0, 0.05) is 6.61 Å². The van der Waals surface area contributed by atoms with E-state index in [4.69, 9.17) is 18.6 Å². The zero-order valence-corrected chi connectivity index (χ0v) is 14.5. The normalized spacial score (nSPS) is 17.3. The smallest absolute Gasteiger partial charge is 0.263 e. The summed E-state index contributed by atoms with van der Waals surface area (Å²) in [7, 11) is 0. The number of aryl methyl sites for hydroxylation is 1. The molecule has 4 heterocycles. The first-order valence-electron chi connectivity index (χ1n) is 8.86. The van der Waals surface area contributed by atoms with Crippen LogP contribution in [-0.2, 0) is 11.3 Å². The molecule has 0 aliphatic carbocycles. The number of nitrogens with zero attached hydrogens (tertiary/aromatic N) is 3. The summed E-state index contributed by atoms with van der Waals surface area (Å²) in [5.41, 5.74) is 2.93.